The molecule has 78 valence electrons. The fraction of sp³-hybridized carbons (Fsp3) is 1.00. The summed E-state index contributed by atoms with van der Waals surface area (Å²) in [5.74, 6) is -3.22. The van der Waals surface area contributed by atoms with Crippen LogP contribution in [0.5, 0.6) is 0 Å². The van der Waals surface area contributed by atoms with Gasteiger partial charge < -0.3 is 4.74 Å². The van der Waals surface area contributed by atoms with Crippen LogP contribution >= 0.6 is 10.7 Å². The minimum absolute atomic E-state index is 0.0267. The molecule has 0 spiro atoms. The Hall–Kier alpha value is 0.0600. The average molecular weight is 235 g/mol. The molecule has 1 rings (SSSR count). The van der Waals surface area contributed by atoms with Crippen LogP contribution in [0.15, 0.2) is 0 Å². The zero-order chi connectivity index (χ0) is 10.1. The highest BCUT2D eigenvalue weighted by atomic mass is 35.7. The van der Waals surface area contributed by atoms with Gasteiger partial charge in [0, 0.05) is 17.1 Å². The van der Waals surface area contributed by atoms with Crippen LogP contribution in [0.3, 0.4) is 0 Å². The summed E-state index contributed by atoms with van der Waals surface area (Å²) in [5, 5.41) is 0. The first-order chi connectivity index (χ1) is 5.79. The third-order valence-corrected chi connectivity index (χ3v) is 2.90. The molecule has 0 bridgehead atoms. The molecule has 0 N–H and O–H groups in total. The zero-order valence-corrected chi connectivity index (χ0v) is 8.25. The maximum atomic E-state index is 12.5. The van der Waals surface area contributed by atoms with Crippen molar-refractivity contribution in [1.29, 1.82) is 0 Å². The van der Waals surface area contributed by atoms with E-state index in [1.54, 1.807) is 0 Å². The van der Waals surface area contributed by atoms with E-state index in [1.807, 2.05) is 0 Å². The van der Waals surface area contributed by atoms with E-state index in [0.717, 1.165) is 0 Å². The number of ether oxygens (including phenoxy) is 1. The molecule has 0 aromatic heterocycles. The third kappa shape index (κ3) is 4.19. The Kier molecular flexibility index (Phi) is 3.14. The molecule has 1 aliphatic rings. The molecule has 0 saturated carbocycles. The quantitative estimate of drug-likeness (QED) is 0.678. The van der Waals surface area contributed by atoms with E-state index in [4.69, 9.17) is 10.7 Å². The topological polar surface area (TPSA) is 43.4 Å². The van der Waals surface area contributed by atoms with Crippen molar-refractivity contribution < 1.29 is 21.9 Å². The fourth-order valence-electron chi connectivity index (χ4n) is 1.12. The Morgan fingerprint density at radius 1 is 1.54 bits per heavy atom. The summed E-state index contributed by atoms with van der Waals surface area (Å²) >= 11 is 0. The summed E-state index contributed by atoms with van der Waals surface area (Å²) in [4.78, 5) is 0. The Morgan fingerprint density at radius 3 is 2.54 bits per heavy atom. The molecule has 1 saturated heterocycles. The lowest BCUT2D eigenvalue weighted by molar-refractivity contribution is -0.138. The number of halogens is 3. The summed E-state index contributed by atoms with van der Waals surface area (Å²) in [5.41, 5.74) is 0. The van der Waals surface area contributed by atoms with E-state index in [1.165, 1.54) is 0 Å². The Morgan fingerprint density at radius 2 is 2.15 bits per heavy atom. The predicted molar refractivity (Wildman–Crippen MR) is 43.6 cm³/mol. The molecular formula is C6H9ClF2O3S. The van der Waals surface area contributed by atoms with Crippen LogP contribution in [0.25, 0.3) is 0 Å². The van der Waals surface area contributed by atoms with Gasteiger partial charge in [-0.3, -0.25) is 0 Å². The molecule has 1 fully saturated rings. The maximum Gasteiger partial charge on any atom is 0.271 e. The molecule has 3 nitrogen and oxygen atoms in total. The van der Waals surface area contributed by atoms with Crippen molar-refractivity contribution in [2.24, 2.45) is 0 Å². The van der Waals surface area contributed by atoms with E-state index in [0.29, 0.717) is 0 Å². The molecule has 1 heterocycles. The first-order valence-electron chi connectivity index (χ1n) is 3.70. The molecule has 1 aliphatic heterocycles. The predicted octanol–water partition coefficient (Wildman–Crippen LogP) is 1.37. The van der Waals surface area contributed by atoms with Gasteiger partial charge in [-0.05, 0) is 6.42 Å². The number of hydrogen-bond acceptors (Lipinski definition) is 3. The van der Waals surface area contributed by atoms with Gasteiger partial charge in [0.05, 0.1) is 11.9 Å². The first kappa shape index (κ1) is 11.1. The third-order valence-electron chi connectivity index (χ3n) is 1.75. The molecule has 1 atom stereocenters. The molecule has 1 unspecified atom stereocenters. The molecule has 13 heavy (non-hydrogen) atoms. The molecule has 0 radical (unpaired) electrons. The van der Waals surface area contributed by atoms with E-state index in [9.17, 15) is 17.2 Å². The first-order valence-corrected chi connectivity index (χ1v) is 6.18. The van der Waals surface area contributed by atoms with Crippen molar-refractivity contribution in [3.63, 3.8) is 0 Å². The molecule has 0 amide bonds. The average Bonchev–Trinajstić information content (AvgIpc) is 1.91. The van der Waals surface area contributed by atoms with Crippen molar-refractivity contribution >= 4 is 19.7 Å². The monoisotopic (exact) mass is 234 g/mol. The van der Waals surface area contributed by atoms with E-state index >= 15 is 0 Å². The van der Waals surface area contributed by atoms with Gasteiger partial charge in [-0.1, -0.05) is 0 Å². The zero-order valence-electron chi connectivity index (χ0n) is 6.67. The van der Waals surface area contributed by atoms with Crippen LogP contribution in [0.2, 0.25) is 0 Å². The number of hydrogen-bond donors (Lipinski definition) is 0. The fourth-order valence-corrected chi connectivity index (χ4v) is 2.25. The van der Waals surface area contributed by atoms with Gasteiger partial charge >= 0.3 is 0 Å². The minimum Gasteiger partial charge on any atom is -0.371 e. The lowest BCUT2D eigenvalue weighted by Gasteiger charge is -2.27. The highest BCUT2D eigenvalue weighted by Crippen LogP contribution is 2.28. The highest BCUT2D eigenvalue weighted by molar-refractivity contribution is 8.13. The molecular weight excluding hydrogens is 226 g/mol. The largest absolute Gasteiger partial charge is 0.371 e. The van der Waals surface area contributed by atoms with Gasteiger partial charge in [0.25, 0.3) is 5.92 Å². The van der Waals surface area contributed by atoms with Crippen LogP contribution < -0.4 is 0 Å². The normalized spacial score (nSPS) is 28.7. The summed E-state index contributed by atoms with van der Waals surface area (Å²) in [6.45, 7) is -0.718. The van der Waals surface area contributed by atoms with Gasteiger partial charge in [0.1, 0.15) is 6.61 Å². The Balaban J connectivity index is 2.43. The van der Waals surface area contributed by atoms with Crippen molar-refractivity contribution in [3.05, 3.63) is 0 Å². The van der Waals surface area contributed by atoms with E-state index in [2.05, 4.69) is 4.74 Å². The molecule has 0 aromatic carbocycles. The lowest BCUT2D eigenvalue weighted by Crippen LogP contribution is -2.37. The van der Waals surface area contributed by atoms with Crippen LogP contribution in [0.4, 0.5) is 8.78 Å². The Bertz CT molecular complexity index is 268. The van der Waals surface area contributed by atoms with Crippen LogP contribution in [-0.2, 0) is 13.8 Å². The van der Waals surface area contributed by atoms with Gasteiger partial charge in [0.2, 0.25) is 9.05 Å². The number of alkyl halides is 2. The molecule has 0 aromatic rings. The number of rotatable bonds is 2. The van der Waals surface area contributed by atoms with Gasteiger partial charge in [-0.15, -0.1) is 0 Å². The minimum atomic E-state index is -3.66. The highest BCUT2D eigenvalue weighted by Gasteiger charge is 2.36. The second-order valence-electron chi connectivity index (χ2n) is 3.03. The van der Waals surface area contributed by atoms with Crippen LogP contribution in [-0.4, -0.2) is 32.8 Å². The van der Waals surface area contributed by atoms with Crippen LogP contribution in [0, 0.1) is 0 Å². The summed E-state index contributed by atoms with van der Waals surface area (Å²) in [6.07, 6.45) is -1.01. The summed E-state index contributed by atoms with van der Waals surface area (Å²) < 4.78 is 50.8. The lowest BCUT2D eigenvalue weighted by atomic mass is 10.1. The standard InChI is InChI=1S/C6H9ClF2O3S/c7-13(10,11)3-5-1-2-6(8,9)4-12-5/h5H,1-4H2. The molecule has 7 heteroatoms. The smallest absolute Gasteiger partial charge is 0.271 e. The Labute approximate surface area is 79.4 Å². The van der Waals surface area contributed by atoms with E-state index < -0.39 is 33.4 Å². The maximum absolute atomic E-state index is 12.5. The van der Waals surface area contributed by atoms with E-state index in [-0.39, 0.29) is 12.8 Å². The second-order valence-corrected chi connectivity index (χ2v) is 5.85. The second kappa shape index (κ2) is 3.67. The SMILES string of the molecule is O=S(=O)(Cl)CC1CCC(F)(F)CO1. The van der Waals surface area contributed by atoms with Crippen molar-refractivity contribution in [1.82, 2.24) is 0 Å². The molecule has 0 aliphatic carbocycles. The van der Waals surface area contributed by atoms with Crippen molar-refractivity contribution in [2.75, 3.05) is 12.4 Å². The summed E-state index contributed by atoms with van der Waals surface area (Å²) in [7, 11) is 1.28. The van der Waals surface area contributed by atoms with Crippen LogP contribution in [0.1, 0.15) is 12.8 Å². The van der Waals surface area contributed by atoms with Gasteiger partial charge in [-0.25, -0.2) is 17.2 Å². The van der Waals surface area contributed by atoms with Crippen molar-refractivity contribution in [2.45, 2.75) is 24.9 Å². The van der Waals surface area contributed by atoms with Gasteiger partial charge in [-0.2, -0.15) is 0 Å². The van der Waals surface area contributed by atoms with Crippen molar-refractivity contribution in [3.8, 4) is 0 Å². The summed E-state index contributed by atoms with van der Waals surface area (Å²) in [6, 6.07) is 0. The van der Waals surface area contributed by atoms with Gasteiger partial charge in [0.15, 0.2) is 0 Å².